The summed E-state index contributed by atoms with van der Waals surface area (Å²) in [5.41, 5.74) is 0.735. The minimum Gasteiger partial charge on any atom is -0.339 e. The molecule has 1 aromatic rings. The Morgan fingerprint density at radius 3 is 2.25 bits per heavy atom. The second-order valence-corrected chi connectivity index (χ2v) is 7.68. The third-order valence-electron chi connectivity index (χ3n) is 6.26. The lowest BCUT2D eigenvalue weighted by molar-refractivity contribution is -0.134. The molecule has 4 heteroatoms. The van der Waals surface area contributed by atoms with E-state index in [1.54, 1.807) is 0 Å². The number of carbonyl (C=O) groups is 2. The van der Waals surface area contributed by atoms with Gasteiger partial charge in [-0.15, -0.1) is 0 Å². The molecule has 1 heterocycles. The van der Waals surface area contributed by atoms with Gasteiger partial charge in [-0.05, 0) is 49.1 Å². The van der Waals surface area contributed by atoms with E-state index in [-0.39, 0.29) is 5.91 Å². The fourth-order valence-corrected chi connectivity index (χ4v) is 4.90. The number of hydrogen-bond donors (Lipinski definition) is 0. The van der Waals surface area contributed by atoms with Crippen LogP contribution in [0.1, 0.15) is 42.5 Å². The van der Waals surface area contributed by atoms with Gasteiger partial charge in [0, 0.05) is 38.2 Å². The Kier molecular flexibility index (Phi) is 4.30. The third kappa shape index (κ3) is 3.06. The van der Waals surface area contributed by atoms with E-state index in [4.69, 9.17) is 0 Å². The lowest BCUT2D eigenvalue weighted by Crippen LogP contribution is -2.51. The van der Waals surface area contributed by atoms with E-state index >= 15 is 0 Å². The van der Waals surface area contributed by atoms with Crippen LogP contribution in [0.2, 0.25) is 0 Å². The molecule has 1 aliphatic heterocycles. The molecule has 128 valence electrons. The van der Waals surface area contributed by atoms with Crippen LogP contribution in [0, 0.1) is 17.8 Å². The van der Waals surface area contributed by atoms with Crippen LogP contribution >= 0.6 is 0 Å². The van der Waals surface area contributed by atoms with Crippen molar-refractivity contribution in [2.75, 3.05) is 26.2 Å². The number of carbonyl (C=O) groups excluding carboxylic acids is 2. The Bertz CT molecular complexity index is 607. The summed E-state index contributed by atoms with van der Waals surface area (Å²) in [7, 11) is 0. The van der Waals surface area contributed by atoms with Crippen molar-refractivity contribution in [3.8, 4) is 0 Å². The zero-order valence-electron chi connectivity index (χ0n) is 14.2. The Balaban J connectivity index is 1.28. The maximum absolute atomic E-state index is 12.6. The van der Waals surface area contributed by atoms with E-state index in [9.17, 15) is 9.59 Å². The average molecular weight is 326 g/mol. The molecule has 3 atom stereocenters. The molecule has 0 aromatic heterocycles. The van der Waals surface area contributed by atoms with Gasteiger partial charge in [0.2, 0.25) is 5.91 Å². The molecule has 0 unspecified atom stereocenters. The molecule has 2 saturated carbocycles. The molecule has 1 aromatic carbocycles. The summed E-state index contributed by atoms with van der Waals surface area (Å²) >= 11 is 0. The summed E-state index contributed by atoms with van der Waals surface area (Å²) in [6.07, 6.45) is 6.07. The highest BCUT2D eigenvalue weighted by Gasteiger charge is 2.40. The monoisotopic (exact) mass is 326 g/mol. The first kappa shape index (κ1) is 15.7. The molecule has 2 aliphatic carbocycles. The molecular weight excluding hydrogens is 300 g/mol. The first-order valence-corrected chi connectivity index (χ1v) is 9.33. The SMILES string of the molecule is O=C(C[C@H]1C[C@@H]2CC[C@@H]1C2)N1CCN(C(=O)c2ccccc2)CC1. The van der Waals surface area contributed by atoms with Gasteiger partial charge in [0.15, 0.2) is 0 Å². The van der Waals surface area contributed by atoms with E-state index in [2.05, 4.69) is 0 Å². The van der Waals surface area contributed by atoms with Gasteiger partial charge in [0.05, 0.1) is 0 Å². The van der Waals surface area contributed by atoms with E-state index in [0.717, 1.165) is 23.8 Å². The van der Waals surface area contributed by atoms with Crippen molar-refractivity contribution in [3.05, 3.63) is 35.9 Å². The number of piperazine rings is 1. The second kappa shape index (κ2) is 6.58. The largest absolute Gasteiger partial charge is 0.339 e. The van der Waals surface area contributed by atoms with Gasteiger partial charge in [-0.25, -0.2) is 0 Å². The first-order valence-electron chi connectivity index (χ1n) is 9.33. The van der Waals surface area contributed by atoms with Gasteiger partial charge in [-0.3, -0.25) is 9.59 Å². The summed E-state index contributed by atoms with van der Waals surface area (Å²) in [6.45, 7) is 2.66. The summed E-state index contributed by atoms with van der Waals surface area (Å²) in [5.74, 6) is 2.71. The van der Waals surface area contributed by atoms with Crippen molar-refractivity contribution in [2.24, 2.45) is 17.8 Å². The lowest BCUT2D eigenvalue weighted by atomic mass is 9.86. The standard InChI is InChI=1S/C20H26N2O2/c23-19(14-18-13-15-6-7-17(18)12-15)21-8-10-22(11-9-21)20(24)16-4-2-1-3-5-16/h1-5,15,17-18H,6-14H2/t15-,17-,18-/m1/s1. The molecule has 1 saturated heterocycles. The molecule has 4 nitrogen and oxygen atoms in total. The highest BCUT2D eigenvalue weighted by Crippen LogP contribution is 2.49. The Hall–Kier alpha value is -1.84. The molecule has 0 spiro atoms. The van der Waals surface area contributed by atoms with Gasteiger partial charge >= 0.3 is 0 Å². The molecular formula is C20H26N2O2. The number of nitrogens with zero attached hydrogens (tertiary/aromatic N) is 2. The van der Waals surface area contributed by atoms with E-state index in [1.807, 2.05) is 40.1 Å². The molecule has 2 bridgehead atoms. The van der Waals surface area contributed by atoms with Gasteiger partial charge in [0.25, 0.3) is 5.91 Å². The number of rotatable bonds is 3. The van der Waals surface area contributed by atoms with Crippen molar-refractivity contribution in [2.45, 2.75) is 32.1 Å². The summed E-state index contributed by atoms with van der Waals surface area (Å²) in [4.78, 5) is 28.9. The predicted molar refractivity (Wildman–Crippen MR) is 92.5 cm³/mol. The predicted octanol–water partition coefficient (Wildman–Crippen LogP) is 2.80. The smallest absolute Gasteiger partial charge is 0.253 e. The van der Waals surface area contributed by atoms with Crippen LogP contribution in [-0.2, 0) is 4.79 Å². The minimum atomic E-state index is 0.0794. The van der Waals surface area contributed by atoms with E-state index in [1.165, 1.54) is 25.7 Å². The van der Waals surface area contributed by atoms with Crippen LogP contribution in [0.15, 0.2) is 30.3 Å². The third-order valence-corrected chi connectivity index (χ3v) is 6.26. The quantitative estimate of drug-likeness (QED) is 0.857. The van der Waals surface area contributed by atoms with Crippen LogP contribution in [0.25, 0.3) is 0 Å². The second-order valence-electron chi connectivity index (χ2n) is 7.68. The number of hydrogen-bond acceptors (Lipinski definition) is 2. The Morgan fingerprint density at radius 2 is 1.62 bits per heavy atom. The van der Waals surface area contributed by atoms with Crippen molar-refractivity contribution < 1.29 is 9.59 Å². The lowest BCUT2D eigenvalue weighted by Gasteiger charge is -2.35. The van der Waals surface area contributed by atoms with Crippen LogP contribution in [0.3, 0.4) is 0 Å². The average Bonchev–Trinajstić information content (AvgIpc) is 3.25. The van der Waals surface area contributed by atoms with Gasteiger partial charge in [-0.1, -0.05) is 24.6 Å². The summed E-state index contributed by atoms with van der Waals surface area (Å²) < 4.78 is 0. The van der Waals surface area contributed by atoms with Gasteiger partial charge in [-0.2, -0.15) is 0 Å². The fraction of sp³-hybridized carbons (Fsp3) is 0.600. The molecule has 2 amide bonds. The Morgan fingerprint density at radius 1 is 0.917 bits per heavy atom. The number of amides is 2. The minimum absolute atomic E-state index is 0.0794. The maximum Gasteiger partial charge on any atom is 0.253 e. The molecule has 24 heavy (non-hydrogen) atoms. The van der Waals surface area contributed by atoms with E-state index < -0.39 is 0 Å². The van der Waals surface area contributed by atoms with Crippen LogP contribution in [-0.4, -0.2) is 47.8 Å². The number of benzene rings is 1. The zero-order valence-corrected chi connectivity index (χ0v) is 14.2. The normalized spacial score (nSPS) is 29.1. The summed E-state index contributed by atoms with van der Waals surface area (Å²) in [6, 6.07) is 9.41. The molecule has 4 rings (SSSR count). The Labute approximate surface area is 143 Å². The first-order chi connectivity index (χ1) is 11.7. The van der Waals surface area contributed by atoms with Crippen LogP contribution in [0.4, 0.5) is 0 Å². The topological polar surface area (TPSA) is 40.6 Å². The molecule has 0 N–H and O–H groups in total. The van der Waals surface area contributed by atoms with Crippen LogP contribution < -0.4 is 0 Å². The van der Waals surface area contributed by atoms with Crippen molar-refractivity contribution in [1.82, 2.24) is 9.80 Å². The highest BCUT2D eigenvalue weighted by atomic mass is 16.2. The van der Waals surface area contributed by atoms with Crippen molar-refractivity contribution >= 4 is 11.8 Å². The summed E-state index contributed by atoms with van der Waals surface area (Å²) in [5, 5.41) is 0. The maximum atomic E-state index is 12.6. The highest BCUT2D eigenvalue weighted by molar-refractivity contribution is 5.94. The van der Waals surface area contributed by atoms with Gasteiger partial charge < -0.3 is 9.80 Å². The molecule has 0 radical (unpaired) electrons. The molecule has 3 aliphatic rings. The van der Waals surface area contributed by atoms with E-state index in [0.29, 0.717) is 38.0 Å². The van der Waals surface area contributed by atoms with Crippen molar-refractivity contribution in [1.29, 1.82) is 0 Å². The number of fused-ring (bicyclic) bond motifs is 2. The fourth-order valence-electron chi connectivity index (χ4n) is 4.90. The van der Waals surface area contributed by atoms with Crippen LogP contribution in [0.5, 0.6) is 0 Å². The van der Waals surface area contributed by atoms with Crippen molar-refractivity contribution in [3.63, 3.8) is 0 Å². The molecule has 3 fully saturated rings. The van der Waals surface area contributed by atoms with Gasteiger partial charge in [0.1, 0.15) is 0 Å². The zero-order chi connectivity index (χ0) is 16.5.